The first-order valence-corrected chi connectivity index (χ1v) is 8.54. The highest BCUT2D eigenvalue weighted by molar-refractivity contribution is 8.01. The number of ether oxygens (including phenoxy) is 1. The van der Waals surface area contributed by atoms with Crippen molar-refractivity contribution >= 4 is 21.8 Å². The molecule has 0 spiro atoms. The van der Waals surface area contributed by atoms with Gasteiger partial charge in [-0.2, -0.15) is 4.31 Å². The fourth-order valence-corrected chi connectivity index (χ4v) is 4.80. The Kier molecular flexibility index (Phi) is 4.53. The van der Waals surface area contributed by atoms with Crippen LogP contribution in [-0.2, 0) is 10.0 Å². The molecule has 6 heteroatoms. The SMILES string of the molecule is CC1SCCN1S(=O)(=O)CCOc1ccccc1. The van der Waals surface area contributed by atoms with Crippen LogP contribution in [0.25, 0.3) is 0 Å². The van der Waals surface area contributed by atoms with Gasteiger partial charge in [0.05, 0.1) is 11.1 Å². The van der Waals surface area contributed by atoms with Crippen molar-refractivity contribution in [2.24, 2.45) is 0 Å². The Morgan fingerprint density at radius 2 is 2.11 bits per heavy atom. The smallest absolute Gasteiger partial charge is 0.218 e. The van der Waals surface area contributed by atoms with Crippen molar-refractivity contribution in [1.82, 2.24) is 4.31 Å². The Hall–Kier alpha value is -0.720. The molecular formula is C12H17NO3S2. The van der Waals surface area contributed by atoms with Gasteiger partial charge in [-0.05, 0) is 19.1 Å². The number of sulfonamides is 1. The van der Waals surface area contributed by atoms with Gasteiger partial charge in [0.2, 0.25) is 10.0 Å². The molecule has 1 aromatic rings. The van der Waals surface area contributed by atoms with Crippen molar-refractivity contribution in [3.63, 3.8) is 0 Å². The highest BCUT2D eigenvalue weighted by Gasteiger charge is 2.31. The van der Waals surface area contributed by atoms with Crippen molar-refractivity contribution in [2.75, 3.05) is 24.7 Å². The minimum absolute atomic E-state index is 0.0345. The number of hydrogen-bond donors (Lipinski definition) is 0. The van der Waals surface area contributed by atoms with Gasteiger partial charge in [0.15, 0.2) is 0 Å². The van der Waals surface area contributed by atoms with Crippen LogP contribution in [0.1, 0.15) is 6.92 Å². The molecule has 1 aliphatic heterocycles. The summed E-state index contributed by atoms with van der Waals surface area (Å²) < 4.78 is 31.1. The maximum Gasteiger partial charge on any atom is 0.218 e. The second-order valence-corrected chi connectivity index (χ2v) is 7.52. The summed E-state index contributed by atoms with van der Waals surface area (Å²) in [4.78, 5) is 0. The van der Waals surface area contributed by atoms with Crippen molar-refractivity contribution < 1.29 is 13.2 Å². The molecule has 1 aliphatic rings. The van der Waals surface area contributed by atoms with Gasteiger partial charge in [-0.3, -0.25) is 0 Å². The molecule has 0 saturated carbocycles. The largest absolute Gasteiger partial charge is 0.492 e. The molecule has 1 saturated heterocycles. The zero-order valence-corrected chi connectivity index (χ0v) is 11.9. The Bertz CT molecular complexity index is 475. The minimum atomic E-state index is -3.19. The van der Waals surface area contributed by atoms with E-state index in [1.807, 2.05) is 37.3 Å². The highest BCUT2D eigenvalue weighted by atomic mass is 32.2. The van der Waals surface area contributed by atoms with Crippen molar-refractivity contribution in [3.8, 4) is 5.75 Å². The van der Waals surface area contributed by atoms with Crippen molar-refractivity contribution in [1.29, 1.82) is 0 Å². The van der Waals surface area contributed by atoms with Crippen LogP contribution >= 0.6 is 11.8 Å². The molecule has 1 aromatic carbocycles. The Labute approximate surface area is 112 Å². The van der Waals surface area contributed by atoms with E-state index in [1.54, 1.807) is 16.1 Å². The Morgan fingerprint density at radius 1 is 1.39 bits per heavy atom. The lowest BCUT2D eigenvalue weighted by atomic mass is 10.3. The van der Waals surface area contributed by atoms with E-state index in [9.17, 15) is 8.42 Å². The summed E-state index contributed by atoms with van der Waals surface area (Å²) >= 11 is 1.67. The van der Waals surface area contributed by atoms with Gasteiger partial charge in [0, 0.05) is 12.3 Å². The van der Waals surface area contributed by atoms with E-state index in [0.717, 1.165) is 5.75 Å². The number of para-hydroxylation sites is 1. The van der Waals surface area contributed by atoms with E-state index in [4.69, 9.17) is 4.74 Å². The van der Waals surface area contributed by atoms with Crippen molar-refractivity contribution in [2.45, 2.75) is 12.3 Å². The predicted octanol–water partition coefficient (Wildman–Crippen LogP) is 1.79. The third-order valence-corrected chi connectivity index (χ3v) is 5.97. The number of hydrogen-bond acceptors (Lipinski definition) is 4. The molecule has 4 nitrogen and oxygen atoms in total. The normalized spacial score (nSPS) is 21.1. The summed E-state index contributed by atoms with van der Waals surface area (Å²) in [5.41, 5.74) is 0. The monoisotopic (exact) mass is 287 g/mol. The highest BCUT2D eigenvalue weighted by Crippen LogP contribution is 2.25. The summed E-state index contributed by atoms with van der Waals surface area (Å²) in [5.74, 6) is 1.61. The van der Waals surface area contributed by atoms with Crippen LogP contribution in [-0.4, -0.2) is 42.8 Å². The van der Waals surface area contributed by atoms with Crippen LogP contribution in [0.15, 0.2) is 30.3 Å². The second kappa shape index (κ2) is 5.95. The van der Waals surface area contributed by atoms with Crippen LogP contribution in [0.2, 0.25) is 0 Å². The van der Waals surface area contributed by atoms with Gasteiger partial charge in [0.25, 0.3) is 0 Å². The minimum Gasteiger partial charge on any atom is -0.492 e. The first-order valence-electron chi connectivity index (χ1n) is 5.88. The van der Waals surface area contributed by atoms with E-state index >= 15 is 0 Å². The van der Waals surface area contributed by atoms with Crippen LogP contribution in [0.4, 0.5) is 0 Å². The lowest BCUT2D eigenvalue weighted by Gasteiger charge is -2.19. The summed E-state index contributed by atoms with van der Waals surface area (Å²) in [5, 5.41) is 0.0479. The van der Waals surface area contributed by atoms with Gasteiger partial charge >= 0.3 is 0 Å². The van der Waals surface area contributed by atoms with E-state index in [2.05, 4.69) is 0 Å². The van der Waals surface area contributed by atoms with E-state index < -0.39 is 10.0 Å². The van der Waals surface area contributed by atoms with Gasteiger partial charge < -0.3 is 4.74 Å². The maximum atomic E-state index is 12.1. The summed E-state index contributed by atoms with van der Waals surface area (Å²) in [6, 6.07) is 9.26. The summed E-state index contributed by atoms with van der Waals surface area (Å²) in [6.07, 6.45) is 0. The molecule has 2 rings (SSSR count). The average molecular weight is 287 g/mol. The molecule has 0 N–H and O–H groups in total. The predicted molar refractivity (Wildman–Crippen MR) is 74.3 cm³/mol. The molecule has 0 aromatic heterocycles. The molecule has 0 aliphatic carbocycles. The zero-order valence-electron chi connectivity index (χ0n) is 10.3. The Balaban J connectivity index is 1.86. The molecule has 100 valence electrons. The zero-order chi connectivity index (χ0) is 13.0. The molecule has 0 bridgehead atoms. The van der Waals surface area contributed by atoms with Gasteiger partial charge in [0.1, 0.15) is 12.4 Å². The van der Waals surface area contributed by atoms with Crippen molar-refractivity contribution in [3.05, 3.63) is 30.3 Å². The van der Waals surface area contributed by atoms with Gasteiger partial charge in [-0.25, -0.2) is 8.42 Å². The van der Waals surface area contributed by atoms with E-state index in [1.165, 1.54) is 0 Å². The molecule has 1 atom stereocenters. The number of thioether (sulfide) groups is 1. The first kappa shape index (κ1) is 13.7. The van der Waals surface area contributed by atoms with Crippen LogP contribution in [0.5, 0.6) is 5.75 Å². The fourth-order valence-electron chi connectivity index (χ4n) is 1.84. The van der Waals surface area contributed by atoms with Crippen LogP contribution < -0.4 is 4.74 Å². The lowest BCUT2D eigenvalue weighted by Crippen LogP contribution is -2.36. The van der Waals surface area contributed by atoms with Gasteiger partial charge in [-0.15, -0.1) is 11.8 Å². The number of nitrogens with zero attached hydrogens (tertiary/aromatic N) is 1. The quantitative estimate of drug-likeness (QED) is 0.828. The fraction of sp³-hybridized carbons (Fsp3) is 0.500. The molecule has 0 radical (unpaired) electrons. The summed E-state index contributed by atoms with van der Waals surface area (Å²) in [7, 11) is -3.19. The molecule has 1 fully saturated rings. The van der Waals surface area contributed by atoms with Crippen LogP contribution in [0, 0.1) is 0 Å². The first-order chi connectivity index (χ1) is 8.59. The third kappa shape index (κ3) is 3.40. The number of rotatable bonds is 5. The molecule has 0 amide bonds. The third-order valence-electron chi connectivity index (χ3n) is 2.79. The molecule has 1 unspecified atom stereocenters. The number of benzene rings is 1. The maximum absolute atomic E-state index is 12.1. The van der Waals surface area contributed by atoms with Gasteiger partial charge in [-0.1, -0.05) is 18.2 Å². The summed E-state index contributed by atoms with van der Waals surface area (Å²) in [6.45, 7) is 2.73. The van der Waals surface area contributed by atoms with Crippen LogP contribution in [0.3, 0.4) is 0 Å². The topological polar surface area (TPSA) is 46.6 Å². The second-order valence-electron chi connectivity index (χ2n) is 4.06. The molecule has 18 heavy (non-hydrogen) atoms. The molecular weight excluding hydrogens is 270 g/mol. The van der Waals surface area contributed by atoms with E-state index in [0.29, 0.717) is 12.3 Å². The average Bonchev–Trinajstić information content (AvgIpc) is 2.77. The standard InChI is InChI=1S/C12H17NO3S2/c1-11-13(7-9-17-11)18(14,15)10-8-16-12-5-3-2-4-6-12/h2-6,11H,7-10H2,1H3. The van der Waals surface area contributed by atoms with E-state index in [-0.39, 0.29) is 17.7 Å². The molecule has 1 heterocycles. The lowest BCUT2D eigenvalue weighted by molar-refractivity contribution is 0.335. The Morgan fingerprint density at radius 3 is 2.72 bits per heavy atom.